The van der Waals surface area contributed by atoms with Crippen molar-refractivity contribution in [3.63, 3.8) is 0 Å². The van der Waals surface area contributed by atoms with E-state index in [4.69, 9.17) is 4.74 Å². The second-order valence-electron chi connectivity index (χ2n) is 6.78. The Balaban J connectivity index is 1.50. The van der Waals surface area contributed by atoms with Gasteiger partial charge in [0.15, 0.2) is 0 Å². The van der Waals surface area contributed by atoms with E-state index < -0.39 is 5.69 Å². The summed E-state index contributed by atoms with van der Waals surface area (Å²) in [6, 6.07) is 16.5. The van der Waals surface area contributed by atoms with Crippen molar-refractivity contribution in [2.75, 3.05) is 43.1 Å². The van der Waals surface area contributed by atoms with Gasteiger partial charge in [0, 0.05) is 42.4 Å². The number of halogens is 1. The SMILES string of the molecule is COc1ccc(N2CCN(c3cc(=O)n(-c4ccc(Br)cc4)c(=O)[nH]3)CC2)cc1. The minimum Gasteiger partial charge on any atom is -0.497 e. The Morgan fingerprint density at radius 2 is 1.45 bits per heavy atom. The molecule has 0 saturated carbocycles. The first-order valence-electron chi connectivity index (χ1n) is 9.31. The van der Waals surface area contributed by atoms with Crippen LogP contribution in [-0.4, -0.2) is 42.8 Å². The summed E-state index contributed by atoms with van der Waals surface area (Å²) in [5.74, 6) is 1.39. The van der Waals surface area contributed by atoms with Gasteiger partial charge in [-0.05, 0) is 48.5 Å². The predicted molar refractivity (Wildman–Crippen MR) is 118 cm³/mol. The number of aromatic amines is 1. The molecule has 0 spiro atoms. The van der Waals surface area contributed by atoms with Gasteiger partial charge < -0.3 is 14.5 Å². The summed E-state index contributed by atoms with van der Waals surface area (Å²) in [6.07, 6.45) is 0. The molecule has 1 aliphatic rings. The smallest absolute Gasteiger partial charge is 0.334 e. The van der Waals surface area contributed by atoms with Gasteiger partial charge in [0.2, 0.25) is 0 Å². The van der Waals surface area contributed by atoms with Gasteiger partial charge in [0.1, 0.15) is 11.6 Å². The maximum atomic E-state index is 12.6. The summed E-state index contributed by atoms with van der Waals surface area (Å²) in [5, 5.41) is 0. The number of ether oxygens (including phenoxy) is 1. The fourth-order valence-electron chi connectivity index (χ4n) is 3.49. The Morgan fingerprint density at radius 3 is 2.03 bits per heavy atom. The fourth-order valence-corrected chi connectivity index (χ4v) is 3.75. The minimum absolute atomic E-state index is 0.344. The van der Waals surface area contributed by atoms with Crippen LogP contribution in [0.1, 0.15) is 0 Å². The van der Waals surface area contributed by atoms with Crippen LogP contribution < -0.4 is 25.8 Å². The summed E-state index contributed by atoms with van der Waals surface area (Å²) in [5.41, 5.74) is 0.885. The Bertz CT molecular complexity index is 1070. The maximum absolute atomic E-state index is 12.6. The lowest BCUT2D eigenvalue weighted by Crippen LogP contribution is -2.48. The van der Waals surface area contributed by atoms with E-state index >= 15 is 0 Å². The predicted octanol–water partition coefficient (Wildman–Crippen LogP) is 2.62. The van der Waals surface area contributed by atoms with Crippen molar-refractivity contribution in [1.29, 1.82) is 0 Å². The van der Waals surface area contributed by atoms with E-state index in [0.717, 1.165) is 33.6 Å². The molecule has 1 aromatic heterocycles. The monoisotopic (exact) mass is 456 g/mol. The number of aromatic nitrogens is 2. The highest BCUT2D eigenvalue weighted by Gasteiger charge is 2.19. The van der Waals surface area contributed by atoms with E-state index in [1.165, 1.54) is 6.07 Å². The van der Waals surface area contributed by atoms with E-state index in [0.29, 0.717) is 24.6 Å². The zero-order chi connectivity index (χ0) is 20.4. The molecule has 0 bridgehead atoms. The number of rotatable bonds is 4. The number of hydrogen-bond acceptors (Lipinski definition) is 5. The van der Waals surface area contributed by atoms with Crippen LogP contribution in [0.15, 0.2) is 68.7 Å². The van der Waals surface area contributed by atoms with E-state index in [2.05, 4.69) is 25.8 Å². The molecular formula is C21H21BrN4O3. The average Bonchev–Trinajstić information content (AvgIpc) is 2.75. The molecule has 7 nitrogen and oxygen atoms in total. The van der Waals surface area contributed by atoms with Crippen molar-refractivity contribution in [1.82, 2.24) is 9.55 Å². The lowest BCUT2D eigenvalue weighted by molar-refractivity contribution is 0.415. The zero-order valence-electron chi connectivity index (χ0n) is 16.0. The maximum Gasteiger partial charge on any atom is 0.334 e. The molecule has 0 unspecified atom stereocenters. The molecule has 0 aliphatic carbocycles. The van der Waals surface area contributed by atoms with Crippen LogP contribution in [0.3, 0.4) is 0 Å². The molecule has 3 aromatic rings. The first-order chi connectivity index (χ1) is 14.0. The Morgan fingerprint density at radius 1 is 0.862 bits per heavy atom. The number of anilines is 2. The van der Waals surface area contributed by atoms with Gasteiger partial charge in [-0.2, -0.15) is 0 Å². The van der Waals surface area contributed by atoms with Crippen molar-refractivity contribution < 1.29 is 4.74 Å². The van der Waals surface area contributed by atoms with E-state index in [1.54, 1.807) is 31.4 Å². The van der Waals surface area contributed by atoms with E-state index in [-0.39, 0.29) is 5.56 Å². The van der Waals surface area contributed by atoms with Crippen LogP contribution in [0.5, 0.6) is 5.75 Å². The normalized spacial score (nSPS) is 14.1. The Labute approximate surface area is 176 Å². The second kappa shape index (κ2) is 8.16. The van der Waals surface area contributed by atoms with E-state index in [1.807, 2.05) is 29.2 Å². The standard InChI is InChI=1S/C21H21BrN4O3/c1-29-18-8-6-16(7-9-18)24-10-12-25(13-11-24)19-14-20(27)26(21(28)23-19)17-4-2-15(22)3-5-17/h2-9,14H,10-13H2,1H3,(H,23,28). The molecule has 2 aromatic carbocycles. The molecule has 0 radical (unpaired) electrons. The van der Waals surface area contributed by atoms with Crippen LogP contribution in [0.4, 0.5) is 11.5 Å². The third-order valence-electron chi connectivity index (χ3n) is 5.06. The molecule has 0 amide bonds. The van der Waals surface area contributed by atoms with Crippen LogP contribution >= 0.6 is 15.9 Å². The number of hydrogen-bond donors (Lipinski definition) is 1. The number of nitrogens with one attached hydrogen (secondary N) is 1. The largest absolute Gasteiger partial charge is 0.497 e. The van der Waals surface area contributed by atoms with Gasteiger partial charge in [0.25, 0.3) is 5.56 Å². The quantitative estimate of drug-likeness (QED) is 0.653. The number of methoxy groups -OCH3 is 1. The number of benzene rings is 2. The minimum atomic E-state index is -0.438. The molecule has 0 atom stereocenters. The molecule has 2 heterocycles. The second-order valence-corrected chi connectivity index (χ2v) is 7.70. The van der Waals surface area contributed by atoms with Gasteiger partial charge in [-0.3, -0.25) is 9.78 Å². The summed E-state index contributed by atoms with van der Waals surface area (Å²) in [6.45, 7) is 3.02. The Kier molecular flexibility index (Phi) is 5.44. The third-order valence-corrected chi connectivity index (χ3v) is 5.59. The molecule has 1 aliphatic heterocycles. The van der Waals surface area contributed by atoms with Crippen LogP contribution in [-0.2, 0) is 0 Å². The summed E-state index contributed by atoms with van der Waals surface area (Å²) < 4.78 is 7.24. The fraction of sp³-hybridized carbons (Fsp3) is 0.238. The molecule has 1 N–H and O–H groups in total. The molecule has 8 heteroatoms. The summed E-state index contributed by atoms with van der Waals surface area (Å²) in [7, 11) is 1.65. The average molecular weight is 457 g/mol. The summed E-state index contributed by atoms with van der Waals surface area (Å²) >= 11 is 3.36. The molecule has 150 valence electrons. The first kappa shape index (κ1) is 19.3. The first-order valence-corrected chi connectivity index (χ1v) is 10.1. The van der Waals surface area contributed by atoms with Gasteiger partial charge in [-0.25, -0.2) is 9.36 Å². The van der Waals surface area contributed by atoms with Crippen molar-refractivity contribution in [3.8, 4) is 11.4 Å². The Hall–Kier alpha value is -3.00. The zero-order valence-corrected chi connectivity index (χ0v) is 17.6. The number of piperazine rings is 1. The van der Waals surface area contributed by atoms with Crippen molar-refractivity contribution in [2.45, 2.75) is 0 Å². The molecule has 29 heavy (non-hydrogen) atoms. The van der Waals surface area contributed by atoms with Crippen molar-refractivity contribution >= 4 is 27.4 Å². The molecule has 1 fully saturated rings. The van der Waals surface area contributed by atoms with E-state index in [9.17, 15) is 9.59 Å². The van der Waals surface area contributed by atoms with Gasteiger partial charge >= 0.3 is 5.69 Å². The molecule has 4 rings (SSSR count). The van der Waals surface area contributed by atoms with Crippen LogP contribution in [0.2, 0.25) is 0 Å². The lowest BCUT2D eigenvalue weighted by Gasteiger charge is -2.37. The highest BCUT2D eigenvalue weighted by atomic mass is 79.9. The van der Waals surface area contributed by atoms with Crippen LogP contribution in [0, 0.1) is 0 Å². The van der Waals surface area contributed by atoms with Crippen molar-refractivity contribution in [2.24, 2.45) is 0 Å². The highest BCUT2D eigenvalue weighted by Crippen LogP contribution is 2.21. The van der Waals surface area contributed by atoms with Crippen molar-refractivity contribution in [3.05, 3.63) is 79.9 Å². The number of nitrogens with zero attached hydrogens (tertiary/aromatic N) is 3. The van der Waals surface area contributed by atoms with Crippen LogP contribution in [0.25, 0.3) is 5.69 Å². The molecular weight excluding hydrogens is 436 g/mol. The van der Waals surface area contributed by atoms with Gasteiger partial charge in [0.05, 0.1) is 12.8 Å². The topological polar surface area (TPSA) is 70.6 Å². The third kappa shape index (κ3) is 4.07. The summed E-state index contributed by atoms with van der Waals surface area (Å²) in [4.78, 5) is 32.4. The van der Waals surface area contributed by atoms with Gasteiger partial charge in [-0.15, -0.1) is 0 Å². The number of H-pyrrole nitrogens is 1. The highest BCUT2D eigenvalue weighted by molar-refractivity contribution is 9.10. The van der Waals surface area contributed by atoms with Gasteiger partial charge in [-0.1, -0.05) is 15.9 Å². The lowest BCUT2D eigenvalue weighted by atomic mass is 10.2. The molecule has 1 saturated heterocycles.